The minimum Gasteiger partial charge on any atom is -0.458 e. The highest BCUT2D eigenvalue weighted by atomic mass is 16.6. The fourth-order valence-corrected chi connectivity index (χ4v) is 3.88. The first-order valence-electron chi connectivity index (χ1n) is 9.27. The van der Waals surface area contributed by atoms with E-state index >= 15 is 0 Å². The van der Waals surface area contributed by atoms with Gasteiger partial charge in [-0.3, -0.25) is 0 Å². The molecule has 3 rings (SSSR count). The van der Waals surface area contributed by atoms with Crippen LogP contribution < -0.4 is 4.90 Å². The number of benzene rings is 1. The monoisotopic (exact) mass is 332 g/mol. The molecule has 0 amide bonds. The van der Waals surface area contributed by atoms with Gasteiger partial charge in [-0.1, -0.05) is 18.2 Å². The summed E-state index contributed by atoms with van der Waals surface area (Å²) in [4.78, 5) is 14.1. The van der Waals surface area contributed by atoms with Crippen molar-refractivity contribution in [2.75, 3.05) is 26.2 Å². The number of piperidine rings is 1. The van der Waals surface area contributed by atoms with E-state index in [1.54, 1.807) is 4.90 Å². The lowest BCUT2D eigenvalue weighted by atomic mass is 9.87. The number of nitrogens with one attached hydrogen (secondary N) is 1. The van der Waals surface area contributed by atoms with Crippen molar-refractivity contribution < 1.29 is 19.2 Å². The fourth-order valence-electron chi connectivity index (χ4n) is 3.88. The Kier molecular flexibility index (Phi) is 5.57. The molecular weight excluding hydrogens is 302 g/mol. The van der Waals surface area contributed by atoms with Crippen molar-refractivity contribution >= 4 is 5.97 Å². The van der Waals surface area contributed by atoms with Gasteiger partial charge in [-0.05, 0) is 45.2 Å². The predicted octanol–water partition coefficient (Wildman–Crippen LogP) is 2.10. The summed E-state index contributed by atoms with van der Waals surface area (Å²) in [7, 11) is 0. The van der Waals surface area contributed by atoms with Gasteiger partial charge in [0.15, 0.2) is 0 Å². The molecule has 132 valence electrons. The van der Waals surface area contributed by atoms with Gasteiger partial charge in [-0.25, -0.2) is 4.79 Å². The van der Waals surface area contributed by atoms with Crippen LogP contribution in [0.3, 0.4) is 0 Å². The molecule has 1 aromatic carbocycles. The number of ether oxygens (including phenoxy) is 2. The zero-order valence-corrected chi connectivity index (χ0v) is 14.9. The molecule has 0 aliphatic carbocycles. The second-order valence-electron chi connectivity index (χ2n) is 7.86. The second-order valence-corrected chi connectivity index (χ2v) is 7.86. The molecule has 0 aromatic heterocycles. The zero-order valence-electron chi connectivity index (χ0n) is 14.9. The number of quaternary nitrogens is 1. The third-order valence-corrected chi connectivity index (χ3v) is 5.29. The molecule has 0 radical (unpaired) electrons. The summed E-state index contributed by atoms with van der Waals surface area (Å²) in [5, 5.41) is 0. The lowest BCUT2D eigenvalue weighted by Gasteiger charge is -2.41. The van der Waals surface area contributed by atoms with Crippen molar-refractivity contribution in [3.8, 4) is 0 Å². The normalized spacial score (nSPS) is 27.6. The van der Waals surface area contributed by atoms with Crippen LogP contribution in [0, 0.1) is 5.92 Å². The molecule has 0 unspecified atom stereocenters. The Hall–Kier alpha value is -1.39. The summed E-state index contributed by atoms with van der Waals surface area (Å²) in [6, 6.07) is 9.30. The first-order chi connectivity index (χ1) is 11.5. The van der Waals surface area contributed by atoms with Gasteiger partial charge in [0.1, 0.15) is 6.10 Å². The van der Waals surface area contributed by atoms with Crippen molar-refractivity contribution in [1.29, 1.82) is 0 Å². The van der Waals surface area contributed by atoms with Crippen LogP contribution in [0.2, 0.25) is 0 Å². The molecule has 2 fully saturated rings. The Balaban J connectivity index is 1.66. The minimum atomic E-state index is -0.227. The molecule has 1 aromatic rings. The number of likely N-dealkylation sites (tertiary alicyclic amines) is 1. The van der Waals surface area contributed by atoms with Gasteiger partial charge < -0.3 is 14.4 Å². The fraction of sp³-hybridized carbons (Fsp3) is 0.650. The zero-order chi connectivity index (χ0) is 17.0. The molecule has 0 bridgehead atoms. The van der Waals surface area contributed by atoms with Crippen LogP contribution in [0.5, 0.6) is 0 Å². The summed E-state index contributed by atoms with van der Waals surface area (Å²) in [5.41, 5.74) is 0.404. The quantitative estimate of drug-likeness (QED) is 0.859. The highest BCUT2D eigenvalue weighted by molar-refractivity contribution is 5.89. The van der Waals surface area contributed by atoms with Crippen molar-refractivity contribution in [1.82, 2.24) is 0 Å². The maximum atomic E-state index is 12.5. The Morgan fingerprint density at radius 3 is 2.62 bits per heavy atom. The van der Waals surface area contributed by atoms with Gasteiger partial charge in [0.2, 0.25) is 0 Å². The predicted molar refractivity (Wildman–Crippen MR) is 93.2 cm³/mol. The van der Waals surface area contributed by atoms with Gasteiger partial charge in [0.05, 0.1) is 43.3 Å². The third kappa shape index (κ3) is 4.58. The van der Waals surface area contributed by atoms with E-state index in [0.717, 1.165) is 13.0 Å². The molecule has 2 heterocycles. The van der Waals surface area contributed by atoms with E-state index in [-0.39, 0.29) is 17.7 Å². The molecule has 2 atom stereocenters. The highest BCUT2D eigenvalue weighted by Gasteiger charge is 2.40. The Labute approximate surface area is 145 Å². The maximum Gasteiger partial charge on any atom is 0.338 e. The molecule has 1 N–H and O–H groups in total. The number of rotatable bonds is 4. The summed E-state index contributed by atoms with van der Waals surface area (Å²) in [6.07, 6.45) is 4.68. The number of carbonyl (C=O) groups is 1. The van der Waals surface area contributed by atoms with Crippen LogP contribution >= 0.6 is 0 Å². The van der Waals surface area contributed by atoms with Crippen LogP contribution in [0.25, 0.3) is 0 Å². The van der Waals surface area contributed by atoms with Crippen molar-refractivity contribution in [3.63, 3.8) is 0 Å². The van der Waals surface area contributed by atoms with Crippen molar-refractivity contribution in [2.45, 2.75) is 51.2 Å². The summed E-state index contributed by atoms with van der Waals surface area (Å²) < 4.78 is 12.0. The van der Waals surface area contributed by atoms with Crippen LogP contribution in [-0.4, -0.2) is 43.9 Å². The average molecular weight is 332 g/mol. The molecule has 4 nitrogen and oxygen atoms in total. The van der Waals surface area contributed by atoms with Crippen LogP contribution in [-0.2, 0) is 9.47 Å². The van der Waals surface area contributed by atoms with E-state index in [9.17, 15) is 4.79 Å². The first kappa shape index (κ1) is 17.4. The van der Waals surface area contributed by atoms with E-state index in [1.165, 1.54) is 32.4 Å². The molecule has 2 aliphatic heterocycles. The largest absolute Gasteiger partial charge is 0.458 e. The minimum absolute atomic E-state index is 0.0594. The van der Waals surface area contributed by atoms with Crippen molar-refractivity contribution in [2.24, 2.45) is 5.92 Å². The van der Waals surface area contributed by atoms with E-state index < -0.39 is 0 Å². The number of carbonyl (C=O) groups excluding carboxylic acids is 1. The SMILES string of the molecule is CC1(C)C[C@H](OC(=O)c2ccccc2)[C@H](C[NH+]2CCCCC2)CO1. The number of hydrogen-bond acceptors (Lipinski definition) is 3. The van der Waals surface area contributed by atoms with Gasteiger partial charge in [-0.15, -0.1) is 0 Å². The second kappa shape index (κ2) is 7.66. The van der Waals surface area contributed by atoms with E-state index in [2.05, 4.69) is 13.8 Å². The molecule has 2 saturated heterocycles. The van der Waals surface area contributed by atoms with Crippen LogP contribution in [0.4, 0.5) is 0 Å². The summed E-state index contributed by atoms with van der Waals surface area (Å²) in [6.45, 7) is 8.37. The lowest BCUT2D eigenvalue weighted by molar-refractivity contribution is -0.909. The van der Waals surface area contributed by atoms with Gasteiger partial charge in [0.25, 0.3) is 0 Å². The average Bonchev–Trinajstić information content (AvgIpc) is 2.59. The molecule has 4 heteroatoms. The first-order valence-corrected chi connectivity index (χ1v) is 9.27. The molecular formula is C20H30NO3+. The van der Waals surface area contributed by atoms with Gasteiger partial charge in [0, 0.05) is 6.42 Å². The van der Waals surface area contributed by atoms with E-state index in [1.807, 2.05) is 30.3 Å². The summed E-state index contributed by atoms with van der Waals surface area (Å²) >= 11 is 0. The Morgan fingerprint density at radius 2 is 1.92 bits per heavy atom. The van der Waals surface area contributed by atoms with E-state index in [0.29, 0.717) is 18.1 Å². The standard InChI is InChI=1S/C20H29NO3/c1-20(2)13-18(24-19(22)16-9-5-3-6-10-16)17(15-23-20)14-21-11-7-4-8-12-21/h3,5-6,9-10,17-18H,4,7-8,11-15H2,1-2H3/p+1/t17-,18+/m1/s1. The molecule has 0 saturated carbocycles. The third-order valence-electron chi connectivity index (χ3n) is 5.29. The smallest absolute Gasteiger partial charge is 0.338 e. The Bertz CT molecular complexity index is 537. The molecule has 0 spiro atoms. The van der Waals surface area contributed by atoms with Crippen LogP contribution in [0.1, 0.15) is 49.9 Å². The van der Waals surface area contributed by atoms with Gasteiger partial charge in [-0.2, -0.15) is 0 Å². The lowest BCUT2D eigenvalue weighted by Crippen LogP contribution is -3.13. The van der Waals surface area contributed by atoms with E-state index in [4.69, 9.17) is 9.47 Å². The number of esters is 1. The number of hydrogen-bond donors (Lipinski definition) is 1. The maximum absolute atomic E-state index is 12.5. The van der Waals surface area contributed by atoms with Crippen LogP contribution in [0.15, 0.2) is 30.3 Å². The highest BCUT2D eigenvalue weighted by Crippen LogP contribution is 2.30. The van der Waals surface area contributed by atoms with Crippen molar-refractivity contribution in [3.05, 3.63) is 35.9 Å². The molecule has 24 heavy (non-hydrogen) atoms. The van der Waals surface area contributed by atoms with Gasteiger partial charge >= 0.3 is 5.97 Å². The Morgan fingerprint density at radius 1 is 1.21 bits per heavy atom. The molecule has 2 aliphatic rings. The summed E-state index contributed by atoms with van der Waals surface area (Å²) in [5.74, 6) is 0.0794. The topological polar surface area (TPSA) is 40.0 Å².